The molecule has 1 aromatic heterocycles. The van der Waals surface area contributed by atoms with Crippen LogP contribution < -0.4 is 4.72 Å². The largest absolute Gasteiger partial charge is 0.466 e. The fourth-order valence-electron chi connectivity index (χ4n) is 2.87. The van der Waals surface area contributed by atoms with Gasteiger partial charge in [-0.1, -0.05) is 12.8 Å². The average molecular weight is 330 g/mol. The van der Waals surface area contributed by atoms with E-state index >= 15 is 0 Å². The quantitative estimate of drug-likeness (QED) is 0.862. The van der Waals surface area contributed by atoms with Crippen molar-refractivity contribution >= 4 is 10.2 Å². The predicted octanol–water partition coefficient (Wildman–Crippen LogP) is 1.81. The summed E-state index contributed by atoms with van der Waals surface area (Å²) in [6.07, 6.45) is 3.91. The topological polar surface area (TPSA) is 82.8 Å². The van der Waals surface area contributed by atoms with Gasteiger partial charge < -0.3 is 9.52 Å². The highest BCUT2D eigenvalue weighted by molar-refractivity contribution is 7.87. The van der Waals surface area contributed by atoms with Crippen molar-refractivity contribution in [3.05, 3.63) is 23.2 Å². The molecule has 2 rings (SSSR count). The van der Waals surface area contributed by atoms with Gasteiger partial charge in [0.25, 0.3) is 10.2 Å². The normalized spacial score (nSPS) is 20.5. The third-order valence-corrected chi connectivity index (χ3v) is 5.68. The summed E-state index contributed by atoms with van der Waals surface area (Å²) in [5.74, 6) is 1.31. The van der Waals surface area contributed by atoms with Crippen LogP contribution >= 0.6 is 0 Å². The van der Waals surface area contributed by atoms with Crippen LogP contribution in [0.5, 0.6) is 0 Å². The molecule has 126 valence electrons. The van der Waals surface area contributed by atoms with Crippen LogP contribution in [0.4, 0.5) is 0 Å². The lowest BCUT2D eigenvalue weighted by molar-refractivity contribution is 0.0607. The highest BCUT2D eigenvalue weighted by Crippen LogP contribution is 2.26. The van der Waals surface area contributed by atoms with Crippen molar-refractivity contribution < 1.29 is 17.9 Å². The highest BCUT2D eigenvalue weighted by atomic mass is 32.2. The first-order chi connectivity index (χ1) is 10.2. The molecule has 1 aliphatic heterocycles. The lowest BCUT2D eigenvalue weighted by atomic mass is 9.97. The summed E-state index contributed by atoms with van der Waals surface area (Å²) >= 11 is 0. The molecular weight excluding hydrogens is 304 g/mol. The molecule has 1 unspecified atom stereocenters. The molecule has 2 heterocycles. The van der Waals surface area contributed by atoms with Crippen LogP contribution in [-0.4, -0.2) is 37.5 Å². The molecule has 1 atom stereocenters. The van der Waals surface area contributed by atoms with Crippen LogP contribution in [0.2, 0.25) is 0 Å². The molecular formula is C15H26N2O4S. The Balaban J connectivity index is 2.05. The maximum atomic E-state index is 12.4. The first kappa shape index (κ1) is 17.5. The smallest absolute Gasteiger partial charge is 0.279 e. The molecule has 7 heteroatoms. The minimum atomic E-state index is -3.56. The van der Waals surface area contributed by atoms with E-state index in [0.29, 0.717) is 30.2 Å². The van der Waals surface area contributed by atoms with E-state index in [-0.39, 0.29) is 6.54 Å². The Labute approximate surface area is 132 Å². The Morgan fingerprint density at radius 2 is 1.86 bits per heavy atom. The number of aryl methyl sites for hydroxylation is 2. The van der Waals surface area contributed by atoms with Crippen molar-refractivity contribution in [1.82, 2.24) is 9.03 Å². The summed E-state index contributed by atoms with van der Waals surface area (Å²) in [5, 5.41) is 10.6. The van der Waals surface area contributed by atoms with Crippen LogP contribution in [-0.2, 0) is 15.8 Å². The molecule has 0 saturated carbocycles. The van der Waals surface area contributed by atoms with Gasteiger partial charge in [-0.2, -0.15) is 17.4 Å². The van der Waals surface area contributed by atoms with Gasteiger partial charge in [0.2, 0.25) is 0 Å². The molecule has 0 bridgehead atoms. The zero-order chi connectivity index (χ0) is 16.4. The van der Waals surface area contributed by atoms with E-state index in [1.54, 1.807) is 26.8 Å². The number of aliphatic hydroxyl groups is 1. The van der Waals surface area contributed by atoms with Gasteiger partial charge in [-0.3, -0.25) is 0 Å². The summed E-state index contributed by atoms with van der Waals surface area (Å²) in [7, 11) is -3.56. The number of nitrogens with zero attached hydrogens (tertiary/aromatic N) is 1. The molecule has 0 spiro atoms. The standard InChI is InChI=1S/C15H26N2O4S/c1-12-10-14(13(2)21-12)15(3,18)11-16-22(19,20)17-8-6-4-5-7-9-17/h10,16,18H,4-9,11H2,1-3H3. The van der Waals surface area contributed by atoms with Crippen LogP contribution in [0.25, 0.3) is 0 Å². The van der Waals surface area contributed by atoms with Gasteiger partial charge in [0.05, 0.1) is 0 Å². The van der Waals surface area contributed by atoms with Crippen molar-refractivity contribution in [3.63, 3.8) is 0 Å². The minimum absolute atomic E-state index is 0.0777. The van der Waals surface area contributed by atoms with Crippen LogP contribution in [0, 0.1) is 13.8 Å². The van der Waals surface area contributed by atoms with Gasteiger partial charge in [-0.15, -0.1) is 0 Å². The van der Waals surface area contributed by atoms with Crippen molar-refractivity contribution in [2.24, 2.45) is 0 Å². The SMILES string of the molecule is Cc1cc(C(C)(O)CNS(=O)(=O)N2CCCCCC2)c(C)o1. The lowest BCUT2D eigenvalue weighted by Crippen LogP contribution is -2.46. The first-order valence-electron chi connectivity index (χ1n) is 7.77. The van der Waals surface area contributed by atoms with Crippen molar-refractivity contribution in [1.29, 1.82) is 0 Å². The van der Waals surface area contributed by atoms with E-state index in [0.717, 1.165) is 25.7 Å². The van der Waals surface area contributed by atoms with E-state index in [4.69, 9.17) is 4.42 Å². The Morgan fingerprint density at radius 1 is 1.27 bits per heavy atom. The maximum absolute atomic E-state index is 12.4. The number of nitrogens with one attached hydrogen (secondary N) is 1. The fraction of sp³-hybridized carbons (Fsp3) is 0.733. The second-order valence-electron chi connectivity index (χ2n) is 6.24. The van der Waals surface area contributed by atoms with Crippen molar-refractivity contribution in [3.8, 4) is 0 Å². The van der Waals surface area contributed by atoms with Gasteiger partial charge in [0.1, 0.15) is 17.1 Å². The Kier molecular flexibility index (Phi) is 5.32. The van der Waals surface area contributed by atoms with Crippen molar-refractivity contribution in [2.75, 3.05) is 19.6 Å². The Hall–Kier alpha value is -0.890. The zero-order valence-electron chi connectivity index (χ0n) is 13.6. The lowest BCUT2D eigenvalue weighted by Gasteiger charge is -2.26. The third kappa shape index (κ3) is 4.10. The number of rotatable bonds is 5. The van der Waals surface area contributed by atoms with Crippen LogP contribution in [0.1, 0.15) is 49.7 Å². The van der Waals surface area contributed by atoms with Gasteiger partial charge >= 0.3 is 0 Å². The summed E-state index contributed by atoms with van der Waals surface area (Å²) in [6.45, 7) is 6.16. The van der Waals surface area contributed by atoms with E-state index in [1.807, 2.05) is 0 Å². The molecule has 0 aromatic carbocycles. The summed E-state index contributed by atoms with van der Waals surface area (Å²) in [5.41, 5.74) is -0.690. The summed E-state index contributed by atoms with van der Waals surface area (Å²) in [6, 6.07) is 1.75. The van der Waals surface area contributed by atoms with E-state index < -0.39 is 15.8 Å². The van der Waals surface area contributed by atoms with E-state index in [1.165, 1.54) is 4.31 Å². The van der Waals surface area contributed by atoms with Gasteiger partial charge in [0, 0.05) is 25.2 Å². The van der Waals surface area contributed by atoms with Gasteiger partial charge in [0.15, 0.2) is 0 Å². The number of hydrogen-bond acceptors (Lipinski definition) is 4. The molecule has 1 aliphatic rings. The van der Waals surface area contributed by atoms with Crippen LogP contribution in [0.15, 0.2) is 10.5 Å². The molecule has 22 heavy (non-hydrogen) atoms. The molecule has 6 nitrogen and oxygen atoms in total. The fourth-order valence-corrected chi connectivity index (χ4v) is 4.25. The minimum Gasteiger partial charge on any atom is -0.466 e. The van der Waals surface area contributed by atoms with E-state index in [9.17, 15) is 13.5 Å². The summed E-state index contributed by atoms with van der Waals surface area (Å²) in [4.78, 5) is 0. The number of furan rings is 1. The molecule has 1 aromatic rings. The Morgan fingerprint density at radius 3 is 2.36 bits per heavy atom. The molecule has 0 aliphatic carbocycles. The molecule has 0 radical (unpaired) electrons. The number of hydrogen-bond donors (Lipinski definition) is 2. The monoisotopic (exact) mass is 330 g/mol. The first-order valence-corrected chi connectivity index (χ1v) is 9.21. The van der Waals surface area contributed by atoms with Crippen molar-refractivity contribution in [2.45, 2.75) is 52.1 Å². The van der Waals surface area contributed by atoms with Gasteiger partial charge in [-0.25, -0.2) is 0 Å². The third-order valence-electron chi connectivity index (χ3n) is 4.12. The molecule has 1 fully saturated rings. The Bertz CT molecular complexity index is 599. The predicted molar refractivity (Wildman–Crippen MR) is 84.7 cm³/mol. The average Bonchev–Trinajstić information content (AvgIpc) is 2.67. The molecule has 1 saturated heterocycles. The highest BCUT2D eigenvalue weighted by Gasteiger charge is 2.31. The second-order valence-corrected chi connectivity index (χ2v) is 8.00. The van der Waals surface area contributed by atoms with Gasteiger partial charge in [-0.05, 0) is 39.7 Å². The second kappa shape index (κ2) is 6.70. The van der Waals surface area contributed by atoms with E-state index in [2.05, 4.69) is 4.72 Å². The summed E-state index contributed by atoms with van der Waals surface area (Å²) < 4.78 is 34.2. The van der Waals surface area contributed by atoms with Crippen LogP contribution in [0.3, 0.4) is 0 Å². The molecule has 2 N–H and O–H groups in total. The maximum Gasteiger partial charge on any atom is 0.279 e. The molecule has 0 amide bonds. The zero-order valence-corrected chi connectivity index (χ0v) is 14.4.